The summed E-state index contributed by atoms with van der Waals surface area (Å²) in [6, 6.07) is 8.42. The Balaban J connectivity index is 1.89. The number of ether oxygens (including phenoxy) is 1. The van der Waals surface area contributed by atoms with E-state index in [1.54, 1.807) is 0 Å². The zero-order valence-electron chi connectivity index (χ0n) is 11.6. The van der Waals surface area contributed by atoms with Crippen LogP contribution in [0.5, 0.6) is 0 Å². The Morgan fingerprint density at radius 3 is 2.68 bits per heavy atom. The summed E-state index contributed by atoms with van der Waals surface area (Å²) >= 11 is 0. The maximum Gasteiger partial charge on any atom is 0.308 e. The SMILES string of the molecule is COC(=O)C1CCC(N(C)Cc2ccc(N)cc2)C1. The Hall–Kier alpha value is -1.55. The van der Waals surface area contributed by atoms with Gasteiger partial charge >= 0.3 is 5.97 Å². The Labute approximate surface area is 114 Å². The molecule has 0 amide bonds. The molecule has 0 saturated heterocycles. The van der Waals surface area contributed by atoms with Crippen molar-refractivity contribution in [1.29, 1.82) is 0 Å². The average molecular weight is 262 g/mol. The van der Waals surface area contributed by atoms with E-state index in [1.807, 2.05) is 12.1 Å². The summed E-state index contributed by atoms with van der Waals surface area (Å²) < 4.78 is 4.82. The van der Waals surface area contributed by atoms with Crippen molar-refractivity contribution in [3.8, 4) is 0 Å². The second-order valence-corrected chi connectivity index (χ2v) is 5.34. The molecule has 0 spiro atoms. The van der Waals surface area contributed by atoms with Crippen molar-refractivity contribution in [3.05, 3.63) is 29.8 Å². The van der Waals surface area contributed by atoms with E-state index >= 15 is 0 Å². The van der Waals surface area contributed by atoms with Crippen LogP contribution in [-0.2, 0) is 16.1 Å². The molecule has 1 saturated carbocycles. The number of anilines is 1. The summed E-state index contributed by atoms with van der Waals surface area (Å²) in [7, 11) is 3.58. The van der Waals surface area contributed by atoms with Gasteiger partial charge in [-0.25, -0.2) is 0 Å². The van der Waals surface area contributed by atoms with Crippen molar-refractivity contribution < 1.29 is 9.53 Å². The molecule has 1 aliphatic rings. The van der Waals surface area contributed by atoms with Crippen LogP contribution in [0.3, 0.4) is 0 Å². The summed E-state index contributed by atoms with van der Waals surface area (Å²) in [5, 5.41) is 0. The van der Waals surface area contributed by atoms with Crippen LogP contribution in [0.1, 0.15) is 24.8 Å². The Morgan fingerprint density at radius 2 is 2.05 bits per heavy atom. The van der Waals surface area contributed by atoms with Gasteiger partial charge in [-0.05, 0) is 44.0 Å². The number of rotatable bonds is 4. The zero-order valence-corrected chi connectivity index (χ0v) is 11.6. The van der Waals surface area contributed by atoms with Crippen molar-refractivity contribution in [1.82, 2.24) is 4.90 Å². The fourth-order valence-electron chi connectivity index (χ4n) is 2.78. The van der Waals surface area contributed by atoms with Crippen molar-refractivity contribution in [2.45, 2.75) is 31.8 Å². The van der Waals surface area contributed by atoms with Gasteiger partial charge in [-0.15, -0.1) is 0 Å². The molecule has 1 aliphatic carbocycles. The van der Waals surface area contributed by atoms with Crippen LogP contribution < -0.4 is 5.73 Å². The highest BCUT2D eigenvalue weighted by Gasteiger charge is 2.32. The van der Waals surface area contributed by atoms with E-state index in [-0.39, 0.29) is 11.9 Å². The van der Waals surface area contributed by atoms with Crippen LogP contribution in [-0.4, -0.2) is 31.1 Å². The van der Waals surface area contributed by atoms with Gasteiger partial charge in [-0.2, -0.15) is 0 Å². The van der Waals surface area contributed by atoms with E-state index in [2.05, 4.69) is 24.1 Å². The Bertz CT molecular complexity index is 430. The van der Waals surface area contributed by atoms with Gasteiger partial charge in [0.2, 0.25) is 0 Å². The predicted molar refractivity (Wildman–Crippen MR) is 75.5 cm³/mol. The fraction of sp³-hybridized carbons (Fsp3) is 0.533. The Morgan fingerprint density at radius 1 is 1.37 bits per heavy atom. The molecule has 0 radical (unpaired) electrons. The number of hydrogen-bond acceptors (Lipinski definition) is 4. The largest absolute Gasteiger partial charge is 0.469 e. The highest BCUT2D eigenvalue weighted by Crippen LogP contribution is 2.30. The van der Waals surface area contributed by atoms with E-state index in [0.717, 1.165) is 31.5 Å². The maximum absolute atomic E-state index is 11.5. The fourth-order valence-corrected chi connectivity index (χ4v) is 2.78. The average Bonchev–Trinajstić information content (AvgIpc) is 2.90. The molecule has 2 unspecified atom stereocenters. The standard InChI is InChI=1S/C15H22N2O2/c1-17(10-11-3-6-13(16)7-4-11)14-8-5-12(9-14)15(18)19-2/h3-4,6-7,12,14H,5,8-10,16H2,1-2H3. The first-order chi connectivity index (χ1) is 9.10. The first kappa shape index (κ1) is 13.9. The van der Waals surface area contributed by atoms with Crippen LogP contribution in [0, 0.1) is 5.92 Å². The quantitative estimate of drug-likeness (QED) is 0.666. The molecule has 1 fully saturated rings. The molecule has 2 N–H and O–H groups in total. The molecule has 2 atom stereocenters. The topological polar surface area (TPSA) is 55.6 Å². The number of carbonyl (C=O) groups excluding carboxylic acids is 1. The summed E-state index contributed by atoms with van der Waals surface area (Å²) in [5.74, 6) is 0.00672. The molecule has 104 valence electrons. The van der Waals surface area contributed by atoms with Crippen LogP contribution in [0.25, 0.3) is 0 Å². The molecule has 0 heterocycles. The maximum atomic E-state index is 11.5. The number of benzene rings is 1. The zero-order chi connectivity index (χ0) is 13.8. The van der Waals surface area contributed by atoms with E-state index in [9.17, 15) is 4.79 Å². The number of nitrogen functional groups attached to an aromatic ring is 1. The second-order valence-electron chi connectivity index (χ2n) is 5.34. The Kier molecular flexibility index (Phi) is 4.43. The minimum Gasteiger partial charge on any atom is -0.469 e. The third kappa shape index (κ3) is 3.47. The summed E-state index contributed by atoms with van der Waals surface area (Å²) in [4.78, 5) is 13.8. The van der Waals surface area contributed by atoms with Gasteiger partial charge in [-0.3, -0.25) is 9.69 Å². The number of hydrogen-bond donors (Lipinski definition) is 1. The predicted octanol–water partition coefficient (Wildman–Crippen LogP) is 2.04. The lowest BCUT2D eigenvalue weighted by atomic mass is 10.1. The van der Waals surface area contributed by atoms with Crippen molar-refractivity contribution in [3.63, 3.8) is 0 Å². The van der Waals surface area contributed by atoms with Crippen LogP contribution in [0.4, 0.5) is 5.69 Å². The third-order valence-corrected chi connectivity index (χ3v) is 3.97. The third-order valence-electron chi connectivity index (χ3n) is 3.97. The molecule has 1 aromatic rings. The van der Waals surface area contributed by atoms with Gasteiger partial charge in [0.25, 0.3) is 0 Å². The smallest absolute Gasteiger partial charge is 0.308 e. The molecule has 2 rings (SSSR count). The molecular weight excluding hydrogens is 240 g/mol. The molecular formula is C15H22N2O2. The number of nitrogens with two attached hydrogens (primary N) is 1. The number of nitrogens with zero attached hydrogens (tertiary/aromatic N) is 1. The molecule has 1 aromatic carbocycles. The second kappa shape index (κ2) is 6.06. The highest BCUT2D eigenvalue weighted by atomic mass is 16.5. The van der Waals surface area contributed by atoms with Gasteiger partial charge in [0.05, 0.1) is 13.0 Å². The van der Waals surface area contributed by atoms with Crippen molar-refractivity contribution >= 4 is 11.7 Å². The van der Waals surface area contributed by atoms with Crippen LogP contribution >= 0.6 is 0 Å². The molecule has 0 aliphatic heterocycles. The van der Waals surface area contributed by atoms with E-state index in [1.165, 1.54) is 12.7 Å². The number of methoxy groups -OCH3 is 1. The summed E-state index contributed by atoms with van der Waals surface area (Å²) in [5.41, 5.74) is 7.72. The van der Waals surface area contributed by atoms with Gasteiger partial charge in [0.1, 0.15) is 0 Å². The van der Waals surface area contributed by atoms with Crippen LogP contribution in [0.2, 0.25) is 0 Å². The minimum absolute atomic E-state index is 0.0663. The lowest BCUT2D eigenvalue weighted by Crippen LogP contribution is -2.29. The molecule has 4 nitrogen and oxygen atoms in total. The number of esters is 1. The molecule has 0 aromatic heterocycles. The summed E-state index contributed by atoms with van der Waals surface area (Å²) in [6.45, 7) is 0.888. The molecule has 19 heavy (non-hydrogen) atoms. The molecule has 4 heteroatoms. The van der Waals surface area contributed by atoms with E-state index < -0.39 is 0 Å². The van der Waals surface area contributed by atoms with Gasteiger partial charge < -0.3 is 10.5 Å². The van der Waals surface area contributed by atoms with E-state index in [4.69, 9.17) is 10.5 Å². The minimum atomic E-state index is -0.0663. The first-order valence-corrected chi connectivity index (χ1v) is 6.72. The lowest BCUT2D eigenvalue weighted by Gasteiger charge is -2.24. The monoisotopic (exact) mass is 262 g/mol. The summed E-state index contributed by atoms with van der Waals surface area (Å²) in [6.07, 6.45) is 2.90. The first-order valence-electron chi connectivity index (χ1n) is 6.72. The van der Waals surface area contributed by atoms with Gasteiger partial charge in [0.15, 0.2) is 0 Å². The normalized spacial score (nSPS) is 22.7. The van der Waals surface area contributed by atoms with E-state index in [0.29, 0.717) is 6.04 Å². The van der Waals surface area contributed by atoms with Crippen molar-refractivity contribution in [2.75, 3.05) is 19.9 Å². The highest BCUT2D eigenvalue weighted by molar-refractivity contribution is 5.72. The van der Waals surface area contributed by atoms with Crippen molar-refractivity contribution in [2.24, 2.45) is 5.92 Å². The lowest BCUT2D eigenvalue weighted by molar-refractivity contribution is -0.145. The van der Waals surface area contributed by atoms with Gasteiger partial charge in [-0.1, -0.05) is 12.1 Å². The van der Waals surface area contributed by atoms with Crippen LogP contribution in [0.15, 0.2) is 24.3 Å². The van der Waals surface area contributed by atoms with Gasteiger partial charge in [0, 0.05) is 18.3 Å². The molecule has 0 bridgehead atoms. The number of carbonyl (C=O) groups is 1.